The monoisotopic (exact) mass is 373 g/mol. The average molecular weight is 373 g/mol. The first-order chi connectivity index (χ1) is 12.7. The van der Waals surface area contributed by atoms with Crippen molar-refractivity contribution in [2.45, 2.75) is 19.3 Å². The molecule has 27 heavy (non-hydrogen) atoms. The zero-order valence-electron chi connectivity index (χ0n) is 14.4. The van der Waals surface area contributed by atoms with E-state index in [2.05, 4.69) is 15.0 Å². The van der Waals surface area contributed by atoms with Crippen LogP contribution in [0, 0.1) is 17.7 Å². The number of halogens is 3. The number of carboxylic acids is 1. The van der Waals surface area contributed by atoms with E-state index in [0.717, 1.165) is 0 Å². The quantitative estimate of drug-likeness (QED) is 0.700. The van der Waals surface area contributed by atoms with E-state index in [9.17, 15) is 18.0 Å². The Morgan fingerprint density at radius 3 is 2.22 bits per heavy atom. The first-order valence-electron chi connectivity index (χ1n) is 7.90. The third kappa shape index (κ3) is 3.51. The molecule has 0 saturated heterocycles. The van der Waals surface area contributed by atoms with Crippen molar-refractivity contribution < 1.29 is 23.1 Å². The van der Waals surface area contributed by atoms with E-state index in [0.29, 0.717) is 17.5 Å². The molecule has 0 aliphatic carbocycles. The van der Waals surface area contributed by atoms with Gasteiger partial charge in [-0.1, -0.05) is 12.1 Å². The third-order valence-corrected chi connectivity index (χ3v) is 4.16. The van der Waals surface area contributed by atoms with E-state index in [1.807, 2.05) is 0 Å². The Labute approximate surface area is 152 Å². The van der Waals surface area contributed by atoms with Gasteiger partial charge in [0.25, 0.3) is 5.95 Å². The highest BCUT2D eigenvalue weighted by molar-refractivity contribution is 5.85. The van der Waals surface area contributed by atoms with Crippen LogP contribution in [-0.4, -0.2) is 26.0 Å². The predicted molar refractivity (Wildman–Crippen MR) is 90.7 cm³/mol. The van der Waals surface area contributed by atoms with Crippen molar-refractivity contribution in [1.82, 2.24) is 15.0 Å². The van der Waals surface area contributed by atoms with Crippen molar-refractivity contribution >= 4 is 5.97 Å². The molecule has 0 saturated carbocycles. The van der Waals surface area contributed by atoms with Gasteiger partial charge in [-0.3, -0.25) is 4.98 Å². The first-order valence-corrected chi connectivity index (χ1v) is 7.90. The number of pyridine rings is 3. The molecule has 0 spiro atoms. The van der Waals surface area contributed by atoms with Crippen molar-refractivity contribution in [3.8, 4) is 11.3 Å². The number of hydrogen-bond donors (Lipinski definition) is 1. The second-order valence-corrected chi connectivity index (χ2v) is 6.35. The van der Waals surface area contributed by atoms with Crippen molar-refractivity contribution in [2.75, 3.05) is 0 Å². The summed E-state index contributed by atoms with van der Waals surface area (Å²) in [7, 11) is 0. The lowest BCUT2D eigenvalue weighted by Crippen LogP contribution is -2.23. The van der Waals surface area contributed by atoms with Crippen molar-refractivity contribution in [1.29, 1.82) is 0 Å². The summed E-state index contributed by atoms with van der Waals surface area (Å²) in [6.07, 6.45) is 0. The summed E-state index contributed by atoms with van der Waals surface area (Å²) in [4.78, 5) is 22.5. The van der Waals surface area contributed by atoms with Gasteiger partial charge in [-0.05, 0) is 44.2 Å². The molecule has 8 heteroatoms. The molecule has 0 aliphatic rings. The number of carbonyl (C=O) groups is 1. The van der Waals surface area contributed by atoms with Crippen LogP contribution in [0.1, 0.15) is 35.7 Å². The number of aromatic nitrogens is 3. The van der Waals surface area contributed by atoms with Crippen LogP contribution in [0.5, 0.6) is 0 Å². The van der Waals surface area contributed by atoms with Crippen LogP contribution < -0.4 is 0 Å². The van der Waals surface area contributed by atoms with Gasteiger partial charge in [0.05, 0.1) is 22.6 Å². The second-order valence-electron chi connectivity index (χ2n) is 6.35. The average Bonchev–Trinajstić information content (AvgIpc) is 2.65. The molecule has 3 aromatic heterocycles. The summed E-state index contributed by atoms with van der Waals surface area (Å²) < 4.78 is 40.5. The zero-order valence-corrected chi connectivity index (χ0v) is 14.4. The summed E-state index contributed by atoms with van der Waals surface area (Å²) in [6, 6.07) is 9.97. The number of hydrogen-bond acceptors (Lipinski definition) is 4. The summed E-state index contributed by atoms with van der Waals surface area (Å²) in [5.41, 5.74) is -0.274. The summed E-state index contributed by atoms with van der Waals surface area (Å²) in [5.74, 6) is -5.15. The van der Waals surface area contributed by atoms with Gasteiger partial charge >= 0.3 is 5.97 Å². The predicted octanol–water partition coefficient (Wildman–Crippen LogP) is 3.98. The Bertz CT molecular complexity index is 1040. The molecule has 0 amide bonds. The number of carboxylic acid groups (broad SMARTS) is 1. The first kappa shape index (κ1) is 18.5. The minimum Gasteiger partial charge on any atom is -0.477 e. The van der Waals surface area contributed by atoms with E-state index in [4.69, 9.17) is 5.11 Å². The lowest BCUT2D eigenvalue weighted by molar-refractivity contribution is 0.0690. The van der Waals surface area contributed by atoms with Crippen molar-refractivity contribution in [3.05, 3.63) is 77.3 Å². The molecule has 1 N–H and O–H groups in total. The summed E-state index contributed by atoms with van der Waals surface area (Å²) >= 11 is 0. The standard InChI is InChI=1S/C19H14F3N3O2/c1-19(2,15-8-4-6-13(24-15)18(26)27)14-7-3-5-12(23-14)10-9-11(20)17(22)25-16(10)21/h3-9H,1-2H3,(H,26,27). The Morgan fingerprint density at radius 1 is 0.926 bits per heavy atom. The van der Waals surface area contributed by atoms with Crippen LogP contribution in [0.15, 0.2) is 42.5 Å². The maximum Gasteiger partial charge on any atom is 0.354 e. The van der Waals surface area contributed by atoms with Crippen LogP contribution in [0.25, 0.3) is 11.3 Å². The molecule has 3 heterocycles. The van der Waals surface area contributed by atoms with E-state index in [-0.39, 0.29) is 17.0 Å². The highest BCUT2D eigenvalue weighted by Crippen LogP contribution is 2.31. The fraction of sp³-hybridized carbons (Fsp3) is 0.158. The Hall–Kier alpha value is -3.29. The third-order valence-electron chi connectivity index (χ3n) is 4.16. The van der Waals surface area contributed by atoms with Gasteiger partial charge in [-0.2, -0.15) is 13.8 Å². The Balaban J connectivity index is 2.08. The maximum atomic E-state index is 14.0. The topological polar surface area (TPSA) is 76.0 Å². The lowest BCUT2D eigenvalue weighted by Gasteiger charge is -2.24. The van der Waals surface area contributed by atoms with Crippen molar-refractivity contribution in [3.63, 3.8) is 0 Å². The van der Waals surface area contributed by atoms with Gasteiger partial charge in [0.1, 0.15) is 5.69 Å². The van der Waals surface area contributed by atoms with Crippen LogP contribution in [0.3, 0.4) is 0 Å². The molecule has 5 nitrogen and oxygen atoms in total. The summed E-state index contributed by atoms with van der Waals surface area (Å²) in [6.45, 7) is 3.54. The number of rotatable bonds is 4. The molecule has 0 unspecified atom stereocenters. The van der Waals surface area contributed by atoms with Gasteiger partial charge in [-0.15, -0.1) is 0 Å². The highest BCUT2D eigenvalue weighted by atomic mass is 19.2. The molecule has 0 atom stereocenters. The fourth-order valence-electron chi connectivity index (χ4n) is 2.59. The van der Waals surface area contributed by atoms with Gasteiger partial charge < -0.3 is 5.11 Å². The van der Waals surface area contributed by atoms with Crippen LogP contribution in [0.4, 0.5) is 13.2 Å². The maximum absolute atomic E-state index is 14.0. The fourth-order valence-corrected chi connectivity index (χ4v) is 2.59. The second kappa shape index (κ2) is 6.79. The highest BCUT2D eigenvalue weighted by Gasteiger charge is 2.28. The Morgan fingerprint density at radius 2 is 1.56 bits per heavy atom. The molecule has 0 radical (unpaired) electrons. The molecule has 0 aromatic carbocycles. The van der Waals surface area contributed by atoms with Crippen molar-refractivity contribution in [2.24, 2.45) is 0 Å². The van der Waals surface area contributed by atoms with Gasteiger partial charge in [-0.25, -0.2) is 14.2 Å². The smallest absolute Gasteiger partial charge is 0.354 e. The lowest BCUT2D eigenvalue weighted by atomic mass is 9.84. The van der Waals surface area contributed by atoms with E-state index >= 15 is 0 Å². The zero-order chi connectivity index (χ0) is 19.8. The molecule has 0 aliphatic heterocycles. The normalized spacial score (nSPS) is 11.4. The molecule has 3 aromatic rings. The Kier molecular flexibility index (Phi) is 4.65. The van der Waals surface area contributed by atoms with E-state index in [1.54, 1.807) is 38.1 Å². The van der Waals surface area contributed by atoms with Gasteiger partial charge in [0.15, 0.2) is 5.82 Å². The van der Waals surface area contributed by atoms with Crippen LogP contribution >= 0.6 is 0 Å². The molecule has 0 fully saturated rings. The molecular formula is C19H14F3N3O2. The minimum absolute atomic E-state index is 0.0684. The molecule has 138 valence electrons. The van der Waals surface area contributed by atoms with Gasteiger partial charge in [0, 0.05) is 5.41 Å². The van der Waals surface area contributed by atoms with E-state index in [1.165, 1.54) is 12.1 Å². The molecular weight excluding hydrogens is 359 g/mol. The summed E-state index contributed by atoms with van der Waals surface area (Å²) in [5, 5.41) is 9.12. The van der Waals surface area contributed by atoms with Gasteiger partial charge in [0.2, 0.25) is 5.95 Å². The van der Waals surface area contributed by atoms with E-state index < -0.39 is 29.1 Å². The number of nitrogens with zero attached hydrogens (tertiary/aromatic N) is 3. The largest absolute Gasteiger partial charge is 0.477 e. The molecule has 0 bridgehead atoms. The molecule has 3 rings (SSSR count). The van der Waals surface area contributed by atoms with Crippen LogP contribution in [-0.2, 0) is 5.41 Å². The van der Waals surface area contributed by atoms with Crippen LogP contribution in [0.2, 0.25) is 0 Å². The SMILES string of the molecule is CC(C)(c1cccc(C(=O)O)n1)c1cccc(-c2cc(F)c(F)nc2F)n1. The number of aromatic carboxylic acids is 1. The minimum atomic E-state index is -1.53.